The molecular weight excluding hydrogens is 316 g/mol. The number of fused-ring (bicyclic) bond motifs is 1. The van der Waals surface area contributed by atoms with E-state index in [2.05, 4.69) is 0 Å². The van der Waals surface area contributed by atoms with Crippen molar-refractivity contribution in [3.05, 3.63) is 70.3 Å². The van der Waals surface area contributed by atoms with Crippen LogP contribution in [0.1, 0.15) is 50.8 Å². The summed E-state index contributed by atoms with van der Waals surface area (Å²) in [6.07, 6.45) is -0.281. The summed E-state index contributed by atoms with van der Waals surface area (Å²) in [4.78, 5) is 38.8. The zero-order valence-corrected chi connectivity index (χ0v) is 14.6. The molecule has 0 unspecified atom stereocenters. The molecule has 0 heterocycles. The highest BCUT2D eigenvalue weighted by Gasteiger charge is 2.56. The van der Waals surface area contributed by atoms with Gasteiger partial charge in [0.25, 0.3) is 0 Å². The minimum Gasteiger partial charge on any atom is -0.466 e. The van der Waals surface area contributed by atoms with Crippen molar-refractivity contribution >= 4 is 17.5 Å². The molecule has 4 nitrogen and oxygen atoms in total. The van der Waals surface area contributed by atoms with E-state index < -0.39 is 11.4 Å². The predicted octanol–water partition coefficient (Wildman–Crippen LogP) is 3.57. The molecule has 0 aliphatic heterocycles. The molecule has 0 amide bonds. The van der Waals surface area contributed by atoms with Crippen LogP contribution in [0, 0.1) is 13.8 Å². The van der Waals surface area contributed by atoms with Crippen LogP contribution < -0.4 is 0 Å². The van der Waals surface area contributed by atoms with Crippen molar-refractivity contribution in [3.8, 4) is 0 Å². The van der Waals surface area contributed by atoms with Crippen molar-refractivity contribution in [1.29, 1.82) is 0 Å². The molecule has 0 radical (unpaired) electrons. The summed E-state index contributed by atoms with van der Waals surface area (Å²) < 4.78 is 5.07. The molecule has 0 saturated heterocycles. The van der Waals surface area contributed by atoms with Crippen LogP contribution in [0.5, 0.6) is 0 Å². The molecular formula is C21H20O4. The average Bonchev–Trinajstić information content (AvgIpc) is 2.78. The standard InChI is InChI=1S/C21H20O4/c1-4-25-18(22)12-21(17-10-9-13(2)11-14(17)3)19(23)15-7-5-6-8-16(15)20(21)24/h5-11H,4,12H2,1-3H3. The van der Waals surface area contributed by atoms with Crippen LogP contribution in [0.3, 0.4) is 0 Å². The number of hydrogen-bond acceptors (Lipinski definition) is 4. The van der Waals surface area contributed by atoms with Gasteiger partial charge in [0.2, 0.25) is 0 Å². The number of hydrogen-bond donors (Lipinski definition) is 0. The number of ether oxygens (including phenoxy) is 1. The maximum atomic E-state index is 13.3. The Morgan fingerprint density at radius 2 is 1.60 bits per heavy atom. The molecule has 2 aromatic carbocycles. The van der Waals surface area contributed by atoms with E-state index in [1.165, 1.54) is 0 Å². The number of carbonyl (C=O) groups excluding carboxylic acids is 3. The Labute approximate surface area is 146 Å². The van der Waals surface area contributed by atoms with Gasteiger partial charge >= 0.3 is 5.97 Å². The van der Waals surface area contributed by atoms with E-state index in [-0.39, 0.29) is 24.6 Å². The fourth-order valence-corrected chi connectivity index (χ4v) is 3.66. The number of Topliss-reactive ketones (excluding diaryl/α,β-unsaturated/α-hetero) is 2. The lowest BCUT2D eigenvalue weighted by atomic mass is 9.71. The lowest BCUT2D eigenvalue weighted by molar-refractivity contribution is -0.143. The largest absolute Gasteiger partial charge is 0.466 e. The van der Waals surface area contributed by atoms with Crippen LogP contribution in [0.4, 0.5) is 0 Å². The average molecular weight is 336 g/mol. The molecule has 3 rings (SSSR count). The van der Waals surface area contributed by atoms with Crippen LogP contribution in [-0.2, 0) is 14.9 Å². The first kappa shape index (κ1) is 17.1. The fraction of sp³-hybridized carbons (Fsp3) is 0.286. The second kappa shape index (κ2) is 6.28. The van der Waals surface area contributed by atoms with Crippen LogP contribution >= 0.6 is 0 Å². The molecule has 1 aliphatic rings. The van der Waals surface area contributed by atoms with E-state index in [1.54, 1.807) is 37.3 Å². The first-order chi connectivity index (χ1) is 11.9. The molecule has 0 saturated carbocycles. The maximum absolute atomic E-state index is 13.3. The van der Waals surface area contributed by atoms with Crippen LogP contribution in [-0.4, -0.2) is 24.1 Å². The minimum atomic E-state index is -1.53. The minimum absolute atomic E-state index is 0.205. The molecule has 1 aliphatic carbocycles. The Hall–Kier alpha value is -2.75. The Morgan fingerprint density at radius 1 is 1.00 bits per heavy atom. The van der Waals surface area contributed by atoms with Crippen LogP contribution in [0.2, 0.25) is 0 Å². The summed E-state index contributed by atoms with van der Waals surface area (Å²) in [6, 6.07) is 12.3. The van der Waals surface area contributed by atoms with Crippen molar-refractivity contribution in [2.75, 3.05) is 6.61 Å². The SMILES string of the molecule is CCOC(=O)CC1(c2ccc(C)cc2C)C(=O)c2ccccc2C1=O. The normalized spacial score (nSPS) is 15.2. The van der Waals surface area contributed by atoms with Crippen molar-refractivity contribution in [3.63, 3.8) is 0 Å². The smallest absolute Gasteiger partial charge is 0.307 e. The Kier molecular flexibility index (Phi) is 4.29. The first-order valence-electron chi connectivity index (χ1n) is 8.33. The highest BCUT2D eigenvalue weighted by atomic mass is 16.5. The third kappa shape index (κ3) is 2.58. The number of ketones is 2. The van der Waals surface area contributed by atoms with Gasteiger partial charge in [-0.05, 0) is 31.9 Å². The number of rotatable bonds is 4. The van der Waals surface area contributed by atoms with Crippen molar-refractivity contribution in [1.82, 2.24) is 0 Å². The van der Waals surface area contributed by atoms with Gasteiger partial charge in [0.05, 0.1) is 13.0 Å². The van der Waals surface area contributed by atoms with Crippen LogP contribution in [0.15, 0.2) is 42.5 Å². The van der Waals surface area contributed by atoms with Gasteiger partial charge in [-0.1, -0.05) is 48.0 Å². The Bertz CT molecular complexity index is 844. The highest BCUT2D eigenvalue weighted by Crippen LogP contribution is 2.43. The zero-order valence-electron chi connectivity index (χ0n) is 14.6. The number of aryl methyl sites for hydroxylation is 2. The van der Waals surface area contributed by atoms with E-state index in [4.69, 9.17) is 4.74 Å². The van der Waals surface area contributed by atoms with Gasteiger partial charge in [0, 0.05) is 11.1 Å². The van der Waals surface area contributed by atoms with Gasteiger partial charge in [-0.15, -0.1) is 0 Å². The topological polar surface area (TPSA) is 60.4 Å². The van der Waals surface area contributed by atoms with E-state index in [0.717, 1.165) is 11.1 Å². The second-order valence-electron chi connectivity index (χ2n) is 6.41. The van der Waals surface area contributed by atoms with Gasteiger partial charge in [0.15, 0.2) is 11.6 Å². The maximum Gasteiger partial charge on any atom is 0.307 e. The molecule has 128 valence electrons. The molecule has 0 N–H and O–H groups in total. The van der Waals surface area contributed by atoms with E-state index in [1.807, 2.05) is 26.0 Å². The van der Waals surface area contributed by atoms with E-state index >= 15 is 0 Å². The second-order valence-corrected chi connectivity index (χ2v) is 6.41. The lowest BCUT2D eigenvalue weighted by Gasteiger charge is -2.27. The number of esters is 1. The molecule has 0 fully saturated rings. The summed E-state index contributed by atoms with van der Waals surface area (Å²) >= 11 is 0. The lowest BCUT2D eigenvalue weighted by Crippen LogP contribution is -2.41. The van der Waals surface area contributed by atoms with Gasteiger partial charge in [-0.25, -0.2) is 0 Å². The molecule has 4 heteroatoms. The number of benzene rings is 2. The molecule has 0 atom stereocenters. The van der Waals surface area contributed by atoms with E-state index in [9.17, 15) is 14.4 Å². The van der Waals surface area contributed by atoms with Crippen LogP contribution in [0.25, 0.3) is 0 Å². The van der Waals surface area contributed by atoms with Crippen molar-refractivity contribution in [2.24, 2.45) is 0 Å². The molecule has 0 aromatic heterocycles. The fourth-order valence-electron chi connectivity index (χ4n) is 3.66. The summed E-state index contributed by atoms with van der Waals surface area (Å²) in [5, 5.41) is 0. The summed E-state index contributed by atoms with van der Waals surface area (Å²) in [6.45, 7) is 5.71. The molecule has 0 bridgehead atoms. The molecule has 2 aromatic rings. The van der Waals surface area contributed by atoms with Gasteiger partial charge < -0.3 is 4.74 Å². The summed E-state index contributed by atoms with van der Waals surface area (Å²) in [7, 11) is 0. The zero-order chi connectivity index (χ0) is 18.2. The van der Waals surface area contributed by atoms with Crippen molar-refractivity contribution < 1.29 is 19.1 Å². The highest BCUT2D eigenvalue weighted by molar-refractivity contribution is 6.34. The van der Waals surface area contributed by atoms with Crippen molar-refractivity contribution in [2.45, 2.75) is 32.6 Å². The summed E-state index contributed by atoms with van der Waals surface area (Å²) in [5.74, 6) is -1.20. The molecule has 25 heavy (non-hydrogen) atoms. The Morgan fingerprint density at radius 3 is 2.12 bits per heavy atom. The molecule has 0 spiro atoms. The first-order valence-corrected chi connectivity index (χ1v) is 8.33. The Balaban J connectivity index is 2.23. The van der Waals surface area contributed by atoms with E-state index in [0.29, 0.717) is 16.7 Å². The van der Waals surface area contributed by atoms with Gasteiger partial charge in [0.1, 0.15) is 5.41 Å². The van der Waals surface area contributed by atoms with Gasteiger partial charge in [-0.2, -0.15) is 0 Å². The monoisotopic (exact) mass is 336 g/mol. The number of carbonyl (C=O) groups is 3. The summed E-state index contributed by atoms with van der Waals surface area (Å²) in [5.41, 5.74) is 1.64. The quantitative estimate of drug-likeness (QED) is 0.632. The third-order valence-corrected chi connectivity index (χ3v) is 4.75. The third-order valence-electron chi connectivity index (χ3n) is 4.75. The predicted molar refractivity (Wildman–Crippen MR) is 93.9 cm³/mol. The van der Waals surface area contributed by atoms with Gasteiger partial charge in [-0.3, -0.25) is 14.4 Å².